The number of nitrogens with zero attached hydrogens (tertiary/aromatic N) is 4. The molecular weight excluding hydrogens is 544 g/mol. The number of amides is 2. The van der Waals surface area contributed by atoms with Gasteiger partial charge in [-0.3, -0.25) is 14.6 Å². The number of piperazine rings is 1. The highest BCUT2D eigenvalue weighted by molar-refractivity contribution is 6.43. The smallest absolute Gasteiger partial charge is 0.447 e. The van der Waals surface area contributed by atoms with E-state index < -0.39 is 36.6 Å². The summed E-state index contributed by atoms with van der Waals surface area (Å²) in [5, 5.41) is 31.9. The number of benzene rings is 1. The van der Waals surface area contributed by atoms with Crippen LogP contribution in [0.4, 0.5) is 9.18 Å². The third-order valence-corrected chi connectivity index (χ3v) is 8.44. The zero-order valence-corrected chi connectivity index (χ0v) is 24.4. The summed E-state index contributed by atoms with van der Waals surface area (Å²) in [4.78, 5) is 32.5. The van der Waals surface area contributed by atoms with E-state index in [1.54, 1.807) is 11.0 Å². The summed E-state index contributed by atoms with van der Waals surface area (Å²) in [5.41, 5.74) is 0.163. The molecule has 0 spiro atoms. The van der Waals surface area contributed by atoms with E-state index in [0.29, 0.717) is 24.6 Å². The van der Waals surface area contributed by atoms with Crippen LogP contribution in [0.15, 0.2) is 35.9 Å². The van der Waals surface area contributed by atoms with Crippen LogP contribution in [0.3, 0.4) is 0 Å². The lowest BCUT2D eigenvalue weighted by molar-refractivity contribution is -0.131. The van der Waals surface area contributed by atoms with Crippen molar-refractivity contribution >= 4 is 19.1 Å². The second-order valence-electron chi connectivity index (χ2n) is 11.8. The average molecular weight is 585 g/mol. The monoisotopic (exact) mass is 585 g/mol. The standard InChI is InChI=1S/C29H41BFN5O6/c1-29(2,35-13-11-34(12-14-35)25-18-41-19-25)16-22(17-32)27(37)36-10-4-3-5-24(36)20-42-28(38)33-26(30(39)40)15-21-6-8-23(31)9-7-21/h6-9,16,24-26,39-40H,3-5,10-15,18-20H2,1-2H3,(H,33,38)/t24-,26+/m1/s1. The lowest BCUT2D eigenvalue weighted by atomic mass is 9.76. The van der Waals surface area contributed by atoms with Gasteiger partial charge in [0.2, 0.25) is 0 Å². The largest absolute Gasteiger partial charge is 0.475 e. The molecule has 3 N–H and O–H groups in total. The lowest BCUT2D eigenvalue weighted by Gasteiger charge is -2.46. The Morgan fingerprint density at radius 2 is 1.88 bits per heavy atom. The van der Waals surface area contributed by atoms with Crippen molar-refractivity contribution in [3.63, 3.8) is 0 Å². The first-order valence-electron chi connectivity index (χ1n) is 14.6. The van der Waals surface area contributed by atoms with Crippen LogP contribution in [0.25, 0.3) is 0 Å². The number of hydrogen-bond donors (Lipinski definition) is 3. The minimum absolute atomic E-state index is 0.0528. The molecule has 11 nitrogen and oxygen atoms in total. The van der Waals surface area contributed by atoms with Gasteiger partial charge < -0.3 is 29.7 Å². The Balaban J connectivity index is 1.33. The Kier molecular flexibility index (Phi) is 11.0. The average Bonchev–Trinajstić information content (AvgIpc) is 2.94. The van der Waals surface area contributed by atoms with E-state index >= 15 is 0 Å². The molecule has 0 bridgehead atoms. The van der Waals surface area contributed by atoms with Crippen molar-refractivity contribution in [3.8, 4) is 6.07 Å². The van der Waals surface area contributed by atoms with Crippen LogP contribution < -0.4 is 5.32 Å². The number of nitrogens with one attached hydrogen (secondary N) is 1. The molecule has 42 heavy (non-hydrogen) atoms. The third-order valence-electron chi connectivity index (χ3n) is 8.44. The molecule has 0 aromatic heterocycles. The zero-order chi connectivity index (χ0) is 30.3. The fraction of sp³-hybridized carbons (Fsp3) is 0.621. The number of piperidine rings is 1. The van der Waals surface area contributed by atoms with Crippen LogP contribution in [0.1, 0.15) is 38.7 Å². The fourth-order valence-corrected chi connectivity index (χ4v) is 5.75. The van der Waals surface area contributed by atoms with Crippen LogP contribution in [0.2, 0.25) is 0 Å². The Bertz CT molecular complexity index is 1150. The van der Waals surface area contributed by atoms with E-state index in [-0.39, 0.29) is 24.5 Å². The molecule has 3 aliphatic rings. The van der Waals surface area contributed by atoms with Gasteiger partial charge >= 0.3 is 13.2 Å². The first-order valence-corrected chi connectivity index (χ1v) is 14.6. The van der Waals surface area contributed by atoms with Gasteiger partial charge in [-0.1, -0.05) is 12.1 Å². The van der Waals surface area contributed by atoms with Crippen molar-refractivity contribution in [3.05, 3.63) is 47.3 Å². The summed E-state index contributed by atoms with van der Waals surface area (Å²) in [6, 6.07) is 7.67. The molecule has 1 aromatic rings. The van der Waals surface area contributed by atoms with Crippen LogP contribution in [-0.4, -0.2) is 120 Å². The first-order chi connectivity index (χ1) is 20.1. The van der Waals surface area contributed by atoms with E-state index in [0.717, 1.165) is 52.2 Å². The van der Waals surface area contributed by atoms with E-state index in [2.05, 4.69) is 21.2 Å². The summed E-state index contributed by atoms with van der Waals surface area (Å²) in [5.74, 6) is -1.88. The maximum Gasteiger partial charge on any atom is 0.475 e. The van der Waals surface area contributed by atoms with Gasteiger partial charge in [0.1, 0.15) is 24.1 Å². The molecule has 3 fully saturated rings. The molecule has 3 heterocycles. The van der Waals surface area contributed by atoms with Crippen LogP contribution in [0, 0.1) is 17.1 Å². The number of alkyl carbamates (subject to hydrolysis) is 1. The second kappa shape index (κ2) is 14.4. The van der Waals surface area contributed by atoms with Crippen LogP contribution in [0.5, 0.6) is 0 Å². The second-order valence-corrected chi connectivity index (χ2v) is 11.8. The highest BCUT2D eigenvalue weighted by Gasteiger charge is 2.36. The van der Waals surface area contributed by atoms with Crippen molar-refractivity contribution in [1.82, 2.24) is 20.0 Å². The number of rotatable bonds is 10. The summed E-state index contributed by atoms with van der Waals surface area (Å²) in [7, 11) is -1.86. The molecule has 4 rings (SSSR count). The van der Waals surface area contributed by atoms with Crippen LogP contribution in [-0.2, 0) is 20.7 Å². The fourth-order valence-electron chi connectivity index (χ4n) is 5.75. The van der Waals surface area contributed by atoms with Crippen molar-refractivity contribution in [2.45, 2.75) is 63.1 Å². The molecule has 228 valence electrons. The third kappa shape index (κ3) is 8.29. The quantitative estimate of drug-likeness (QED) is 0.209. The van der Waals surface area contributed by atoms with E-state index in [9.17, 15) is 29.3 Å². The molecule has 3 aliphatic heterocycles. The van der Waals surface area contributed by atoms with Gasteiger partial charge in [0.05, 0.1) is 31.2 Å². The predicted molar refractivity (Wildman–Crippen MR) is 153 cm³/mol. The van der Waals surface area contributed by atoms with Gasteiger partial charge in [-0.25, -0.2) is 9.18 Å². The SMILES string of the molecule is CC(C)(C=C(C#N)C(=O)N1CCCC[C@@H]1COC(=O)N[C@@H](Cc1ccc(F)cc1)B(O)O)N1CCN(C2COC2)CC1. The van der Waals surface area contributed by atoms with Crippen molar-refractivity contribution in [2.75, 3.05) is 52.5 Å². The van der Waals surface area contributed by atoms with Crippen molar-refractivity contribution in [1.29, 1.82) is 5.26 Å². The molecule has 2 amide bonds. The first kappa shape index (κ1) is 31.9. The number of carbonyl (C=O) groups excluding carboxylic acids is 2. The Morgan fingerprint density at radius 1 is 1.19 bits per heavy atom. The van der Waals surface area contributed by atoms with E-state index in [1.807, 2.05) is 13.8 Å². The maximum atomic E-state index is 13.6. The zero-order valence-electron chi connectivity index (χ0n) is 24.4. The van der Waals surface area contributed by atoms with E-state index in [4.69, 9.17) is 9.47 Å². The number of halogens is 1. The van der Waals surface area contributed by atoms with Gasteiger partial charge in [-0.05, 0) is 63.3 Å². The number of hydrogen-bond acceptors (Lipinski definition) is 9. The van der Waals surface area contributed by atoms with E-state index in [1.165, 1.54) is 24.3 Å². The molecule has 13 heteroatoms. The Morgan fingerprint density at radius 3 is 2.48 bits per heavy atom. The van der Waals surface area contributed by atoms with Crippen molar-refractivity contribution < 1.29 is 33.5 Å². The minimum atomic E-state index is -1.86. The van der Waals surface area contributed by atoms with Gasteiger partial charge in [-0.2, -0.15) is 5.26 Å². The maximum absolute atomic E-state index is 13.6. The molecule has 1 aromatic carbocycles. The van der Waals surface area contributed by atoms with Gasteiger partial charge in [0, 0.05) is 38.3 Å². The predicted octanol–water partition coefficient (Wildman–Crippen LogP) is 1.10. The van der Waals surface area contributed by atoms with Crippen LogP contribution >= 0.6 is 0 Å². The normalized spacial score (nSPS) is 21.7. The number of ether oxygens (including phenoxy) is 2. The topological polar surface area (TPSA) is 139 Å². The molecule has 3 saturated heterocycles. The van der Waals surface area contributed by atoms with Gasteiger partial charge in [0.25, 0.3) is 5.91 Å². The molecule has 0 radical (unpaired) electrons. The lowest BCUT2D eigenvalue weighted by Crippen LogP contribution is -2.59. The van der Waals surface area contributed by atoms with Gasteiger partial charge in [0.15, 0.2) is 0 Å². The highest BCUT2D eigenvalue weighted by Crippen LogP contribution is 2.25. The molecule has 2 atom stereocenters. The van der Waals surface area contributed by atoms with Crippen molar-refractivity contribution in [2.24, 2.45) is 0 Å². The Hall–Kier alpha value is -3.02. The van der Waals surface area contributed by atoms with Gasteiger partial charge in [-0.15, -0.1) is 0 Å². The summed E-state index contributed by atoms with van der Waals surface area (Å²) in [6.07, 6.45) is 3.17. The molecule has 0 saturated carbocycles. The summed E-state index contributed by atoms with van der Waals surface area (Å²) >= 11 is 0. The minimum Gasteiger partial charge on any atom is -0.447 e. The Labute approximate surface area is 247 Å². The number of nitriles is 1. The highest BCUT2D eigenvalue weighted by atomic mass is 19.1. The molecule has 0 unspecified atom stereocenters. The summed E-state index contributed by atoms with van der Waals surface area (Å²) in [6.45, 7) is 9.39. The molecule has 0 aliphatic carbocycles. The number of carbonyl (C=O) groups is 2. The summed E-state index contributed by atoms with van der Waals surface area (Å²) < 4.78 is 23.9. The number of likely N-dealkylation sites (tertiary alicyclic amines) is 1. The molecular formula is C29H41BFN5O6.